The van der Waals surface area contributed by atoms with E-state index in [9.17, 15) is 14.4 Å². The Hall–Kier alpha value is -3.39. The standard InChI is InChI=1S/C23H24N4O4/c1-31-23(30)16-11-13-26(14-12-16)20-15-21(28)27(22(20)29)19-9-7-18(8-10-19)25-24-17-5-3-2-4-6-17/h2-10,16,20H,11-15H2,1H3/p+1/t20-/m1/s1. The number of hydrogen-bond acceptors (Lipinski definition) is 6. The van der Waals surface area contributed by atoms with Gasteiger partial charge in [-0.3, -0.25) is 14.4 Å². The third-order valence-corrected chi connectivity index (χ3v) is 5.95. The summed E-state index contributed by atoms with van der Waals surface area (Å²) in [5, 5.41) is 8.37. The van der Waals surface area contributed by atoms with Crippen molar-refractivity contribution in [1.29, 1.82) is 0 Å². The van der Waals surface area contributed by atoms with Gasteiger partial charge in [-0.1, -0.05) is 18.2 Å². The Kier molecular flexibility index (Phi) is 6.18. The second-order valence-electron chi connectivity index (χ2n) is 7.83. The first kappa shape index (κ1) is 20.9. The Morgan fingerprint density at radius 1 is 0.968 bits per heavy atom. The van der Waals surface area contributed by atoms with E-state index in [1.165, 1.54) is 12.0 Å². The summed E-state index contributed by atoms with van der Waals surface area (Å²) in [5.41, 5.74) is 1.93. The molecule has 2 saturated heterocycles. The second-order valence-corrected chi connectivity index (χ2v) is 7.83. The van der Waals surface area contributed by atoms with Gasteiger partial charge in [-0.25, -0.2) is 4.90 Å². The Labute approximate surface area is 180 Å². The lowest BCUT2D eigenvalue weighted by Gasteiger charge is -2.30. The monoisotopic (exact) mass is 421 g/mol. The van der Waals surface area contributed by atoms with Crippen molar-refractivity contribution in [1.82, 2.24) is 0 Å². The number of hydrogen-bond donors (Lipinski definition) is 1. The third-order valence-electron chi connectivity index (χ3n) is 5.95. The van der Waals surface area contributed by atoms with Gasteiger partial charge < -0.3 is 9.64 Å². The molecule has 31 heavy (non-hydrogen) atoms. The highest BCUT2D eigenvalue weighted by molar-refractivity contribution is 6.21. The highest BCUT2D eigenvalue weighted by atomic mass is 16.5. The van der Waals surface area contributed by atoms with Crippen LogP contribution in [0.15, 0.2) is 64.8 Å². The lowest BCUT2D eigenvalue weighted by Crippen LogP contribution is -3.17. The van der Waals surface area contributed by atoms with Gasteiger partial charge >= 0.3 is 5.97 Å². The van der Waals surface area contributed by atoms with Crippen molar-refractivity contribution < 1.29 is 24.0 Å². The Bertz CT molecular complexity index is 982. The second kappa shape index (κ2) is 9.18. The minimum Gasteiger partial charge on any atom is -0.469 e. The first-order chi connectivity index (χ1) is 15.1. The molecule has 2 aromatic carbocycles. The maximum Gasteiger partial charge on any atom is 0.309 e. The van der Waals surface area contributed by atoms with Gasteiger partial charge in [-0.05, 0) is 36.4 Å². The highest BCUT2D eigenvalue weighted by Gasteiger charge is 2.47. The third kappa shape index (κ3) is 4.54. The van der Waals surface area contributed by atoms with Crippen molar-refractivity contribution in [2.45, 2.75) is 25.3 Å². The summed E-state index contributed by atoms with van der Waals surface area (Å²) >= 11 is 0. The molecule has 4 rings (SSSR count). The van der Waals surface area contributed by atoms with E-state index in [1.807, 2.05) is 30.3 Å². The van der Waals surface area contributed by atoms with Crippen LogP contribution in [0.4, 0.5) is 17.1 Å². The van der Waals surface area contributed by atoms with Gasteiger partial charge in [0, 0.05) is 12.8 Å². The molecule has 0 radical (unpaired) electrons. The number of ether oxygens (including phenoxy) is 1. The molecule has 0 unspecified atom stereocenters. The quantitative estimate of drug-likeness (QED) is 0.455. The Morgan fingerprint density at radius 2 is 1.58 bits per heavy atom. The molecule has 0 aromatic heterocycles. The van der Waals surface area contributed by atoms with Gasteiger partial charge in [0.2, 0.25) is 5.91 Å². The summed E-state index contributed by atoms with van der Waals surface area (Å²) in [4.78, 5) is 39.7. The van der Waals surface area contributed by atoms with E-state index in [0.717, 1.165) is 10.6 Å². The number of nitrogens with one attached hydrogen (secondary N) is 1. The minimum absolute atomic E-state index is 0.116. The summed E-state index contributed by atoms with van der Waals surface area (Å²) in [6.07, 6.45) is 1.52. The van der Waals surface area contributed by atoms with E-state index in [1.54, 1.807) is 24.3 Å². The maximum atomic E-state index is 13.0. The van der Waals surface area contributed by atoms with E-state index in [2.05, 4.69) is 10.2 Å². The van der Waals surface area contributed by atoms with Crippen molar-refractivity contribution in [3.05, 3.63) is 54.6 Å². The zero-order valence-corrected chi connectivity index (χ0v) is 17.4. The average Bonchev–Trinajstić information content (AvgIpc) is 3.12. The molecule has 8 nitrogen and oxygen atoms in total. The highest BCUT2D eigenvalue weighted by Crippen LogP contribution is 2.26. The van der Waals surface area contributed by atoms with Gasteiger partial charge in [0.15, 0.2) is 6.04 Å². The van der Waals surface area contributed by atoms with E-state index >= 15 is 0 Å². The fraction of sp³-hybridized carbons (Fsp3) is 0.348. The molecule has 8 heteroatoms. The van der Waals surface area contributed by atoms with Crippen molar-refractivity contribution >= 4 is 34.8 Å². The molecule has 1 N–H and O–H groups in total. The fourth-order valence-corrected chi connectivity index (χ4v) is 4.24. The Morgan fingerprint density at radius 3 is 2.19 bits per heavy atom. The number of anilines is 1. The van der Waals surface area contributed by atoms with Gasteiger partial charge in [-0.2, -0.15) is 10.2 Å². The molecule has 2 aliphatic heterocycles. The van der Waals surface area contributed by atoms with Crippen LogP contribution in [-0.2, 0) is 19.1 Å². The number of benzene rings is 2. The molecule has 0 saturated carbocycles. The first-order valence-corrected chi connectivity index (χ1v) is 10.4. The van der Waals surface area contributed by atoms with Gasteiger partial charge in [0.1, 0.15) is 0 Å². The number of rotatable bonds is 5. The number of imide groups is 1. The van der Waals surface area contributed by atoms with Crippen molar-refractivity contribution in [2.75, 3.05) is 25.1 Å². The van der Waals surface area contributed by atoms with Gasteiger partial charge in [0.05, 0.1) is 49.6 Å². The fourth-order valence-electron chi connectivity index (χ4n) is 4.24. The minimum atomic E-state index is -0.399. The molecule has 0 aliphatic carbocycles. The van der Waals surface area contributed by atoms with E-state index in [0.29, 0.717) is 37.3 Å². The molecule has 2 fully saturated rings. The average molecular weight is 421 g/mol. The summed E-state index contributed by atoms with van der Waals surface area (Å²) in [6.45, 7) is 1.35. The van der Waals surface area contributed by atoms with Crippen LogP contribution in [0.5, 0.6) is 0 Å². The molecule has 2 amide bonds. The van der Waals surface area contributed by atoms with Gasteiger partial charge in [-0.15, -0.1) is 0 Å². The number of nitrogens with zero attached hydrogens (tertiary/aromatic N) is 3. The normalized spacial score (nSPS) is 24.0. The van der Waals surface area contributed by atoms with Crippen molar-refractivity contribution in [3.8, 4) is 0 Å². The zero-order valence-electron chi connectivity index (χ0n) is 17.4. The number of piperidine rings is 1. The van der Waals surface area contributed by atoms with Crippen molar-refractivity contribution in [3.63, 3.8) is 0 Å². The summed E-state index contributed by atoms with van der Waals surface area (Å²) < 4.78 is 4.82. The number of amides is 2. The van der Waals surface area contributed by atoms with Crippen LogP contribution in [0.3, 0.4) is 0 Å². The summed E-state index contributed by atoms with van der Waals surface area (Å²) in [6, 6.07) is 15.9. The van der Waals surface area contributed by atoms with Crippen molar-refractivity contribution in [2.24, 2.45) is 16.1 Å². The number of likely N-dealkylation sites (tertiary alicyclic amines) is 1. The van der Waals surface area contributed by atoms with Crippen LogP contribution >= 0.6 is 0 Å². The predicted octanol–water partition coefficient (Wildman–Crippen LogP) is 2.20. The van der Waals surface area contributed by atoms with E-state index in [4.69, 9.17) is 4.74 Å². The van der Waals surface area contributed by atoms with Crippen LogP contribution in [0.2, 0.25) is 0 Å². The zero-order chi connectivity index (χ0) is 21.8. The smallest absolute Gasteiger partial charge is 0.309 e. The van der Waals surface area contributed by atoms with Crippen LogP contribution in [0.1, 0.15) is 19.3 Å². The van der Waals surface area contributed by atoms with Crippen LogP contribution < -0.4 is 9.80 Å². The first-order valence-electron chi connectivity index (χ1n) is 10.4. The molecular formula is C23H25N4O4+. The molecule has 2 aliphatic rings. The Balaban J connectivity index is 1.41. The summed E-state index contributed by atoms with van der Waals surface area (Å²) in [5.74, 6) is -0.694. The van der Waals surface area contributed by atoms with Gasteiger partial charge in [0.25, 0.3) is 5.91 Å². The number of methoxy groups -OCH3 is 1. The molecule has 0 spiro atoms. The molecule has 2 heterocycles. The van der Waals surface area contributed by atoms with E-state index < -0.39 is 6.04 Å². The number of azo groups is 1. The molecular weight excluding hydrogens is 396 g/mol. The lowest BCUT2D eigenvalue weighted by atomic mass is 9.95. The predicted molar refractivity (Wildman–Crippen MR) is 113 cm³/mol. The summed E-state index contributed by atoms with van der Waals surface area (Å²) in [7, 11) is 1.40. The SMILES string of the molecule is COC(=O)C1CC[NH+]([C@@H]2CC(=O)N(c3ccc(N=Nc4ccccc4)cc3)C2=O)CC1. The lowest BCUT2D eigenvalue weighted by molar-refractivity contribution is -0.920. The molecule has 160 valence electrons. The maximum absolute atomic E-state index is 13.0. The topological polar surface area (TPSA) is 92.8 Å². The number of carbonyl (C=O) groups excluding carboxylic acids is 3. The molecule has 2 aromatic rings. The van der Waals surface area contributed by atoms with Crippen LogP contribution in [0.25, 0.3) is 0 Å². The van der Waals surface area contributed by atoms with Crippen LogP contribution in [0, 0.1) is 5.92 Å². The number of carbonyl (C=O) groups is 3. The largest absolute Gasteiger partial charge is 0.469 e. The van der Waals surface area contributed by atoms with E-state index in [-0.39, 0.29) is 30.1 Å². The molecule has 0 bridgehead atoms. The number of quaternary nitrogens is 1. The van der Waals surface area contributed by atoms with Crippen LogP contribution in [-0.4, -0.2) is 44.0 Å². The number of esters is 1. The molecule has 1 atom stereocenters.